The lowest BCUT2D eigenvalue weighted by atomic mass is 10.0. The fourth-order valence-corrected chi connectivity index (χ4v) is 4.73. The summed E-state index contributed by atoms with van der Waals surface area (Å²) < 4.78 is 28.0. The maximum absolute atomic E-state index is 12.6. The van der Waals surface area contributed by atoms with Gasteiger partial charge in [-0.25, -0.2) is 13.1 Å². The van der Waals surface area contributed by atoms with Gasteiger partial charge >= 0.3 is 0 Å². The largest absolute Gasteiger partial charge is 0.314 e. The summed E-state index contributed by atoms with van der Waals surface area (Å²) in [6, 6.07) is 5.32. The molecule has 0 aliphatic carbocycles. The number of amides is 1. The van der Waals surface area contributed by atoms with E-state index < -0.39 is 10.0 Å². The average molecular weight is 374 g/mol. The zero-order chi connectivity index (χ0) is 16.6. The number of hydrogen-bond acceptors (Lipinski definition) is 4. The van der Waals surface area contributed by atoms with E-state index in [1.165, 1.54) is 6.92 Å². The minimum atomic E-state index is -3.52. The lowest BCUT2D eigenvalue weighted by Gasteiger charge is -2.28. The molecule has 2 aliphatic rings. The summed E-state index contributed by atoms with van der Waals surface area (Å²) in [7, 11) is -3.52. The Kier molecular flexibility index (Phi) is 5.91. The molecule has 0 saturated carbocycles. The fraction of sp³-hybridized carbons (Fsp3) is 0.562. The zero-order valence-corrected chi connectivity index (χ0v) is 15.5. The summed E-state index contributed by atoms with van der Waals surface area (Å²) in [5.41, 5.74) is 1.74. The van der Waals surface area contributed by atoms with Gasteiger partial charge in [-0.15, -0.1) is 12.4 Å². The molecule has 134 valence electrons. The van der Waals surface area contributed by atoms with E-state index in [0.717, 1.165) is 30.6 Å². The third-order valence-electron chi connectivity index (χ3n) is 4.58. The van der Waals surface area contributed by atoms with Gasteiger partial charge < -0.3 is 10.2 Å². The summed E-state index contributed by atoms with van der Waals surface area (Å²) in [5.74, 6) is -0.0128. The van der Waals surface area contributed by atoms with E-state index >= 15 is 0 Å². The van der Waals surface area contributed by atoms with Crippen LogP contribution < -0.4 is 14.9 Å². The molecule has 0 bridgehead atoms. The van der Waals surface area contributed by atoms with Crippen molar-refractivity contribution in [2.24, 2.45) is 0 Å². The van der Waals surface area contributed by atoms with Crippen molar-refractivity contribution in [3.05, 3.63) is 23.8 Å². The van der Waals surface area contributed by atoms with Crippen LogP contribution in [0.5, 0.6) is 0 Å². The second-order valence-electron chi connectivity index (χ2n) is 6.41. The molecule has 24 heavy (non-hydrogen) atoms. The third-order valence-corrected chi connectivity index (χ3v) is 6.10. The van der Waals surface area contributed by atoms with Crippen molar-refractivity contribution < 1.29 is 13.2 Å². The number of carbonyl (C=O) groups is 1. The number of carbonyl (C=O) groups excluding carboxylic acids is 1. The third kappa shape index (κ3) is 3.91. The number of anilines is 1. The van der Waals surface area contributed by atoms with Crippen molar-refractivity contribution in [2.75, 3.05) is 18.0 Å². The van der Waals surface area contributed by atoms with E-state index in [2.05, 4.69) is 17.0 Å². The molecule has 2 unspecified atom stereocenters. The predicted molar refractivity (Wildman–Crippen MR) is 96.2 cm³/mol. The van der Waals surface area contributed by atoms with E-state index in [-0.39, 0.29) is 29.3 Å². The lowest BCUT2D eigenvalue weighted by Crippen LogP contribution is -2.46. The van der Waals surface area contributed by atoms with Crippen LogP contribution in [0, 0.1) is 0 Å². The van der Waals surface area contributed by atoms with Crippen LogP contribution in [-0.2, 0) is 21.2 Å². The maximum Gasteiger partial charge on any atom is 0.240 e. The Labute approximate surface area is 149 Å². The Balaban J connectivity index is 0.00000208. The van der Waals surface area contributed by atoms with Crippen molar-refractivity contribution in [1.82, 2.24) is 10.0 Å². The molecule has 1 saturated heterocycles. The Morgan fingerprint density at radius 3 is 2.79 bits per heavy atom. The fourth-order valence-electron chi connectivity index (χ4n) is 3.40. The van der Waals surface area contributed by atoms with Gasteiger partial charge in [0.05, 0.1) is 4.90 Å². The molecule has 0 spiro atoms. The van der Waals surface area contributed by atoms with Crippen molar-refractivity contribution >= 4 is 34.0 Å². The molecule has 1 amide bonds. The van der Waals surface area contributed by atoms with Gasteiger partial charge in [0, 0.05) is 31.2 Å². The number of halogens is 1. The first-order valence-electron chi connectivity index (χ1n) is 8.03. The number of nitrogens with one attached hydrogen (secondary N) is 2. The van der Waals surface area contributed by atoms with Crippen LogP contribution in [-0.4, -0.2) is 39.5 Å². The molecular formula is C16H24ClN3O3S. The van der Waals surface area contributed by atoms with Crippen LogP contribution in [0.3, 0.4) is 0 Å². The smallest absolute Gasteiger partial charge is 0.240 e. The number of fused-ring (bicyclic) bond motifs is 1. The minimum absolute atomic E-state index is 0. The molecule has 2 aliphatic heterocycles. The summed E-state index contributed by atoms with van der Waals surface area (Å²) in [4.78, 5) is 13.5. The van der Waals surface area contributed by atoms with Crippen LogP contribution in [0.1, 0.15) is 32.3 Å². The van der Waals surface area contributed by atoms with E-state index in [1.54, 1.807) is 23.1 Å². The quantitative estimate of drug-likeness (QED) is 0.840. The highest BCUT2D eigenvalue weighted by molar-refractivity contribution is 7.89. The summed E-state index contributed by atoms with van der Waals surface area (Å²) in [5, 5.41) is 3.31. The van der Waals surface area contributed by atoms with E-state index in [4.69, 9.17) is 0 Å². The molecule has 8 heteroatoms. The average Bonchev–Trinajstić information content (AvgIpc) is 2.89. The number of benzene rings is 1. The lowest BCUT2D eigenvalue weighted by molar-refractivity contribution is -0.116. The summed E-state index contributed by atoms with van der Waals surface area (Å²) in [6.45, 7) is 5.03. The number of hydrogen-bond donors (Lipinski definition) is 2. The Morgan fingerprint density at radius 2 is 2.12 bits per heavy atom. The number of rotatable bonds is 3. The molecule has 3 rings (SSSR count). The minimum Gasteiger partial charge on any atom is -0.314 e. The molecule has 6 nitrogen and oxygen atoms in total. The predicted octanol–water partition coefficient (Wildman–Crippen LogP) is 1.44. The Bertz CT molecular complexity index is 723. The molecule has 1 aromatic carbocycles. The van der Waals surface area contributed by atoms with Gasteiger partial charge in [-0.2, -0.15) is 0 Å². The van der Waals surface area contributed by atoms with Crippen LogP contribution in [0.15, 0.2) is 23.1 Å². The number of sulfonamides is 1. The monoisotopic (exact) mass is 373 g/mol. The van der Waals surface area contributed by atoms with Gasteiger partial charge in [-0.1, -0.05) is 0 Å². The second-order valence-corrected chi connectivity index (χ2v) is 8.12. The van der Waals surface area contributed by atoms with Gasteiger partial charge in [-0.3, -0.25) is 4.79 Å². The van der Waals surface area contributed by atoms with Crippen molar-refractivity contribution in [1.29, 1.82) is 0 Å². The molecule has 0 aromatic heterocycles. The standard InChI is InChI=1S/C16H23N3O3S.ClH/c1-11-9-14(5-7-17-11)18-23(21,22)15-3-4-16-13(10-15)6-8-19(16)12(2)20;/h3-4,10-11,14,17-18H,5-9H2,1-2H3;1H. The maximum atomic E-state index is 12.6. The molecule has 2 N–H and O–H groups in total. The number of piperidine rings is 1. The molecular weight excluding hydrogens is 350 g/mol. The highest BCUT2D eigenvalue weighted by atomic mass is 35.5. The summed E-state index contributed by atoms with van der Waals surface area (Å²) >= 11 is 0. The molecule has 2 heterocycles. The van der Waals surface area contributed by atoms with Crippen molar-refractivity contribution in [2.45, 2.75) is 50.1 Å². The van der Waals surface area contributed by atoms with Crippen LogP contribution >= 0.6 is 12.4 Å². The van der Waals surface area contributed by atoms with E-state index in [0.29, 0.717) is 19.0 Å². The summed E-state index contributed by atoms with van der Waals surface area (Å²) in [6.07, 6.45) is 2.29. The highest BCUT2D eigenvalue weighted by Gasteiger charge is 2.27. The van der Waals surface area contributed by atoms with Gasteiger partial charge in [0.2, 0.25) is 15.9 Å². The topological polar surface area (TPSA) is 78.5 Å². The number of nitrogens with zero attached hydrogens (tertiary/aromatic N) is 1. The zero-order valence-electron chi connectivity index (χ0n) is 13.9. The van der Waals surface area contributed by atoms with Crippen molar-refractivity contribution in [3.63, 3.8) is 0 Å². The van der Waals surface area contributed by atoms with Crippen LogP contribution in [0.4, 0.5) is 5.69 Å². The molecule has 1 fully saturated rings. The second kappa shape index (κ2) is 7.39. The van der Waals surface area contributed by atoms with Crippen LogP contribution in [0.25, 0.3) is 0 Å². The van der Waals surface area contributed by atoms with Crippen molar-refractivity contribution in [3.8, 4) is 0 Å². The normalized spacial score (nSPS) is 23.5. The Hall–Kier alpha value is -1.15. The molecule has 0 radical (unpaired) electrons. The SMILES string of the molecule is CC(=O)N1CCc2cc(S(=O)(=O)NC3CCNC(C)C3)ccc21.Cl. The first-order chi connectivity index (χ1) is 10.9. The Morgan fingerprint density at radius 1 is 1.38 bits per heavy atom. The highest BCUT2D eigenvalue weighted by Crippen LogP contribution is 2.30. The van der Waals surface area contributed by atoms with Gasteiger partial charge in [0.1, 0.15) is 0 Å². The first-order valence-corrected chi connectivity index (χ1v) is 9.52. The van der Waals surface area contributed by atoms with E-state index in [9.17, 15) is 13.2 Å². The molecule has 2 atom stereocenters. The first kappa shape index (κ1) is 19.2. The molecule has 1 aromatic rings. The van der Waals surface area contributed by atoms with E-state index in [1.807, 2.05) is 0 Å². The van der Waals surface area contributed by atoms with Crippen LogP contribution in [0.2, 0.25) is 0 Å². The van der Waals surface area contributed by atoms with Gasteiger partial charge in [0.15, 0.2) is 0 Å². The van der Waals surface area contributed by atoms with Gasteiger partial charge in [0.25, 0.3) is 0 Å². The van der Waals surface area contributed by atoms with Gasteiger partial charge in [-0.05, 0) is 56.5 Å².